The number of benzene rings is 1. The highest BCUT2D eigenvalue weighted by molar-refractivity contribution is 6.05. The van der Waals surface area contributed by atoms with Crippen molar-refractivity contribution in [3.63, 3.8) is 0 Å². The number of aromatic nitrogens is 1. The van der Waals surface area contributed by atoms with E-state index in [1.54, 1.807) is 0 Å². The van der Waals surface area contributed by atoms with Gasteiger partial charge >= 0.3 is 0 Å². The standard InChI is InChI=1S/C20H24N4O4/c25-19-15(8-4-5-9-21-19)22-20(26)16-17(14-6-2-1-3-7-14)28-23-18(16)24-10-12-27-13-11-24/h1-3,6-7,15H,4-5,8-13H2,(H,21,25)(H,22,26). The zero-order chi connectivity index (χ0) is 19.3. The first-order chi connectivity index (χ1) is 13.7. The Bertz CT molecular complexity index is 830. The van der Waals surface area contributed by atoms with Crippen molar-refractivity contribution >= 4 is 17.6 Å². The lowest BCUT2D eigenvalue weighted by atomic mass is 10.1. The van der Waals surface area contributed by atoms with Gasteiger partial charge in [-0.1, -0.05) is 35.5 Å². The van der Waals surface area contributed by atoms with E-state index in [4.69, 9.17) is 9.26 Å². The number of rotatable bonds is 4. The second-order valence-electron chi connectivity index (χ2n) is 6.99. The number of anilines is 1. The van der Waals surface area contributed by atoms with Crippen molar-refractivity contribution in [3.8, 4) is 11.3 Å². The van der Waals surface area contributed by atoms with Crippen molar-refractivity contribution in [2.45, 2.75) is 25.3 Å². The van der Waals surface area contributed by atoms with E-state index in [9.17, 15) is 9.59 Å². The molecule has 0 spiro atoms. The SMILES string of the molecule is O=C(NC1CCCCNC1=O)c1c(N2CCOCC2)noc1-c1ccccc1. The van der Waals surface area contributed by atoms with Gasteiger partial charge in [-0.25, -0.2) is 0 Å². The molecule has 4 rings (SSSR count). The summed E-state index contributed by atoms with van der Waals surface area (Å²) >= 11 is 0. The number of amides is 2. The lowest BCUT2D eigenvalue weighted by Gasteiger charge is -2.27. The van der Waals surface area contributed by atoms with Crippen LogP contribution in [0.2, 0.25) is 0 Å². The van der Waals surface area contributed by atoms with Gasteiger partial charge in [-0.05, 0) is 19.3 Å². The van der Waals surface area contributed by atoms with Crippen LogP contribution in [0.4, 0.5) is 5.82 Å². The van der Waals surface area contributed by atoms with Gasteiger partial charge in [0, 0.05) is 25.2 Å². The Morgan fingerprint density at radius 3 is 2.75 bits per heavy atom. The van der Waals surface area contributed by atoms with Gasteiger partial charge in [-0.15, -0.1) is 0 Å². The molecule has 0 aliphatic carbocycles. The quantitative estimate of drug-likeness (QED) is 0.831. The number of carbonyl (C=O) groups is 2. The number of carbonyl (C=O) groups excluding carboxylic acids is 2. The van der Waals surface area contributed by atoms with Gasteiger partial charge in [-0.2, -0.15) is 0 Å². The minimum Gasteiger partial charge on any atom is -0.378 e. The third-order valence-corrected chi connectivity index (χ3v) is 5.09. The molecule has 1 unspecified atom stereocenters. The molecule has 2 aliphatic rings. The smallest absolute Gasteiger partial charge is 0.259 e. The third kappa shape index (κ3) is 3.87. The molecule has 1 atom stereocenters. The summed E-state index contributed by atoms with van der Waals surface area (Å²) in [4.78, 5) is 27.5. The molecule has 8 heteroatoms. The van der Waals surface area contributed by atoms with Crippen LogP contribution in [0.1, 0.15) is 29.6 Å². The van der Waals surface area contributed by atoms with Crippen LogP contribution >= 0.6 is 0 Å². The molecule has 1 aromatic carbocycles. The summed E-state index contributed by atoms with van der Waals surface area (Å²) in [5.41, 5.74) is 1.13. The molecule has 2 fully saturated rings. The first kappa shape index (κ1) is 18.5. The zero-order valence-electron chi connectivity index (χ0n) is 15.6. The van der Waals surface area contributed by atoms with Crippen molar-refractivity contribution in [2.75, 3.05) is 37.7 Å². The average molecular weight is 384 g/mol. The van der Waals surface area contributed by atoms with Crippen LogP contribution in [0.15, 0.2) is 34.9 Å². The average Bonchev–Trinajstić information content (AvgIpc) is 3.09. The van der Waals surface area contributed by atoms with Crippen LogP contribution in [0.5, 0.6) is 0 Å². The van der Waals surface area contributed by atoms with Crippen molar-refractivity contribution < 1.29 is 18.8 Å². The number of nitrogens with one attached hydrogen (secondary N) is 2. The fraction of sp³-hybridized carbons (Fsp3) is 0.450. The summed E-state index contributed by atoms with van der Waals surface area (Å²) < 4.78 is 11.0. The highest BCUT2D eigenvalue weighted by atomic mass is 16.5. The van der Waals surface area contributed by atoms with E-state index in [0.29, 0.717) is 56.4 Å². The molecule has 0 radical (unpaired) electrons. The van der Waals surface area contributed by atoms with Gasteiger partial charge in [0.2, 0.25) is 5.91 Å². The monoisotopic (exact) mass is 384 g/mol. The van der Waals surface area contributed by atoms with Crippen molar-refractivity contribution in [3.05, 3.63) is 35.9 Å². The summed E-state index contributed by atoms with van der Waals surface area (Å²) in [5, 5.41) is 9.94. The summed E-state index contributed by atoms with van der Waals surface area (Å²) in [7, 11) is 0. The highest BCUT2D eigenvalue weighted by Gasteiger charge is 2.31. The predicted molar refractivity (Wildman–Crippen MR) is 103 cm³/mol. The Labute approximate surface area is 163 Å². The molecule has 3 heterocycles. The van der Waals surface area contributed by atoms with Crippen LogP contribution in [-0.4, -0.2) is 55.9 Å². The van der Waals surface area contributed by atoms with Crippen molar-refractivity contribution in [1.82, 2.24) is 15.8 Å². The van der Waals surface area contributed by atoms with Gasteiger partial charge in [0.05, 0.1) is 13.2 Å². The molecule has 2 aromatic rings. The second kappa shape index (κ2) is 8.43. The van der Waals surface area contributed by atoms with Crippen molar-refractivity contribution in [2.24, 2.45) is 0 Å². The maximum absolute atomic E-state index is 13.2. The Morgan fingerprint density at radius 1 is 1.18 bits per heavy atom. The lowest BCUT2D eigenvalue weighted by molar-refractivity contribution is -0.122. The molecule has 0 bridgehead atoms. The first-order valence-electron chi connectivity index (χ1n) is 9.70. The molecule has 2 saturated heterocycles. The minimum absolute atomic E-state index is 0.142. The van der Waals surface area contributed by atoms with Crippen LogP contribution in [-0.2, 0) is 9.53 Å². The summed E-state index contributed by atoms with van der Waals surface area (Å²) in [6.45, 7) is 3.04. The molecule has 148 valence electrons. The Kier molecular flexibility index (Phi) is 5.57. The molecule has 28 heavy (non-hydrogen) atoms. The molecular formula is C20H24N4O4. The largest absolute Gasteiger partial charge is 0.378 e. The van der Waals surface area contributed by atoms with Crippen LogP contribution in [0.3, 0.4) is 0 Å². The van der Waals surface area contributed by atoms with Crippen LogP contribution < -0.4 is 15.5 Å². The van der Waals surface area contributed by atoms with Crippen molar-refractivity contribution in [1.29, 1.82) is 0 Å². The zero-order valence-corrected chi connectivity index (χ0v) is 15.6. The minimum atomic E-state index is -0.550. The van der Waals surface area contributed by atoms with Crippen LogP contribution in [0.25, 0.3) is 11.3 Å². The fourth-order valence-corrected chi connectivity index (χ4v) is 3.57. The normalized spacial score (nSPS) is 20.4. The van der Waals surface area contributed by atoms with Gasteiger partial charge in [0.1, 0.15) is 11.6 Å². The topological polar surface area (TPSA) is 96.7 Å². The summed E-state index contributed by atoms with van der Waals surface area (Å²) in [5.74, 6) is 0.419. The van der Waals surface area contributed by atoms with Gasteiger partial charge in [-0.3, -0.25) is 9.59 Å². The molecule has 8 nitrogen and oxygen atoms in total. The number of hydrogen-bond donors (Lipinski definition) is 2. The highest BCUT2D eigenvalue weighted by Crippen LogP contribution is 2.32. The molecule has 2 amide bonds. The maximum atomic E-state index is 13.2. The van der Waals surface area contributed by atoms with E-state index >= 15 is 0 Å². The molecule has 2 N–H and O–H groups in total. The molecule has 1 aromatic heterocycles. The number of hydrogen-bond acceptors (Lipinski definition) is 6. The Balaban J connectivity index is 1.67. The van der Waals surface area contributed by atoms with E-state index in [0.717, 1.165) is 18.4 Å². The molecule has 2 aliphatic heterocycles. The first-order valence-corrected chi connectivity index (χ1v) is 9.70. The van der Waals surface area contributed by atoms with E-state index in [1.807, 2.05) is 35.2 Å². The molecule has 0 saturated carbocycles. The maximum Gasteiger partial charge on any atom is 0.259 e. The Morgan fingerprint density at radius 2 is 1.96 bits per heavy atom. The van der Waals surface area contributed by atoms with E-state index in [2.05, 4.69) is 15.8 Å². The second-order valence-corrected chi connectivity index (χ2v) is 6.99. The third-order valence-electron chi connectivity index (χ3n) is 5.09. The number of nitrogens with zero attached hydrogens (tertiary/aromatic N) is 2. The summed E-state index contributed by atoms with van der Waals surface area (Å²) in [6.07, 6.45) is 2.42. The number of morpholine rings is 1. The van der Waals surface area contributed by atoms with E-state index in [-0.39, 0.29) is 11.8 Å². The molecular weight excluding hydrogens is 360 g/mol. The van der Waals surface area contributed by atoms with Crippen LogP contribution in [0, 0.1) is 0 Å². The lowest BCUT2D eigenvalue weighted by Crippen LogP contribution is -2.46. The van der Waals surface area contributed by atoms with E-state index < -0.39 is 6.04 Å². The fourth-order valence-electron chi connectivity index (χ4n) is 3.57. The number of ether oxygens (including phenoxy) is 1. The van der Waals surface area contributed by atoms with E-state index in [1.165, 1.54) is 0 Å². The van der Waals surface area contributed by atoms with Gasteiger partial charge < -0.3 is 24.8 Å². The predicted octanol–water partition coefficient (Wildman–Crippen LogP) is 1.58. The summed E-state index contributed by atoms with van der Waals surface area (Å²) in [6, 6.07) is 8.86. The van der Waals surface area contributed by atoms with Gasteiger partial charge in [0.15, 0.2) is 11.6 Å². The Hall–Kier alpha value is -2.87. The van der Waals surface area contributed by atoms with Gasteiger partial charge in [0.25, 0.3) is 5.91 Å².